The molecule has 0 spiro atoms. The molecule has 7 nitrogen and oxygen atoms in total. The molecule has 2 aromatic carbocycles. The Morgan fingerprint density at radius 2 is 1.56 bits per heavy atom. The summed E-state index contributed by atoms with van der Waals surface area (Å²) < 4.78 is 69.9. The molecule has 0 saturated heterocycles. The zero-order chi connectivity index (χ0) is 26.7. The minimum atomic E-state index is -5.08. The van der Waals surface area contributed by atoms with E-state index in [0.29, 0.717) is 45.0 Å². The lowest BCUT2D eigenvalue weighted by atomic mass is 10.1. The van der Waals surface area contributed by atoms with Gasteiger partial charge in [0.2, 0.25) is 0 Å². The first-order chi connectivity index (χ1) is 16.8. The molecule has 2 aromatic heterocycles. The van der Waals surface area contributed by atoms with Gasteiger partial charge in [-0.2, -0.15) is 26.3 Å². The molecule has 0 radical (unpaired) electrons. The number of carbonyl (C=O) groups is 1. The summed E-state index contributed by atoms with van der Waals surface area (Å²) in [7, 11) is 0. The molecule has 4 rings (SSSR count). The second-order valence-electron chi connectivity index (χ2n) is 6.98. The Bertz CT molecular complexity index is 1350. The molecule has 2 heterocycles. The number of carboxylic acid groups (broad SMARTS) is 1. The minimum Gasteiger partial charge on any atom is -0.475 e. The normalized spacial score (nSPS) is 11.7. The van der Waals surface area contributed by atoms with Crippen molar-refractivity contribution >= 4 is 51.8 Å². The molecule has 0 fully saturated rings. The number of hydrogen-bond acceptors (Lipinski definition) is 5. The van der Waals surface area contributed by atoms with Gasteiger partial charge in [0.05, 0.1) is 5.56 Å². The lowest BCUT2D eigenvalue weighted by Gasteiger charge is -2.09. The Balaban J connectivity index is 0.000000454. The fourth-order valence-corrected chi connectivity index (χ4v) is 3.33. The molecule has 0 aliphatic heterocycles. The number of hydrogen-bond donors (Lipinski definition) is 3. The van der Waals surface area contributed by atoms with Gasteiger partial charge in [0.15, 0.2) is 17.0 Å². The van der Waals surface area contributed by atoms with E-state index < -0.39 is 23.9 Å². The number of rotatable bonds is 4. The van der Waals surface area contributed by atoms with Gasteiger partial charge >= 0.3 is 18.3 Å². The van der Waals surface area contributed by atoms with Crippen LogP contribution in [0.1, 0.15) is 17.0 Å². The summed E-state index contributed by atoms with van der Waals surface area (Å²) in [6, 6.07) is 9.88. The van der Waals surface area contributed by atoms with Crippen molar-refractivity contribution in [2.45, 2.75) is 18.8 Å². The molecule has 0 bridgehead atoms. The van der Waals surface area contributed by atoms with Crippen molar-refractivity contribution in [3.8, 4) is 0 Å². The number of halogens is 8. The molecule has 36 heavy (non-hydrogen) atoms. The van der Waals surface area contributed by atoms with Crippen LogP contribution < -0.4 is 5.32 Å². The van der Waals surface area contributed by atoms with Crippen LogP contribution in [0.15, 0.2) is 48.8 Å². The molecule has 0 amide bonds. The van der Waals surface area contributed by atoms with E-state index in [2.05, 4.69) is 25.3 Å². The smallest absolute Gasteiger partial charge is 0.475 e. The van der Waals surface area contributed by atoms with Crippen LogP contribution in [0.4, 0.5) is 37.8 Å². The number of aromatic amines is 1. The first kappa shape index (κ1) is 27.0. The van der Waals surface area contributed by atoms with E-state index in [4.69, 9.17) is 33.1 Å². The van der Waals surface area contributed by atoms with Gasteiger partial charge in [-0.1, -0.05) is 29.3 Å². The van der Waals surface area contributed by atoms with Crippen LogP contribution >= 0.6 is 23.2 Å². The zero-order valence-electron chi connectivity index (χ0n) is 17.5. The van der Waals surface area contributed by atoms with Gasteiger partial charge in [-0.05, 0) is 42.0 Å². The number of carboxylic acids is 1. The quantitative estimate of drug-likeness (QED) is 0.245. The van der Waals surface area contributed by atoms with Crippen molar-refractivity contribution in [1.82, 2.24) is 19.9 Å². The first-order valence-corrected chi connectivity index (χ1v) is 10.4. The second-order valence-corrected chi connectivity index (χ2v) is 7.80. The van der Waals surface area contributed by atoms with E-state index in [1.54, 1.807) is 18.2 Å². The fourth-order valence-electron chi connectivity index (χ4n) is 2.80. The molecule has 4 aromatic rings. The monoisotopic (exact) mass is 551 g/mol. The standard InChI is InChI=1S/C19H12Cl2F3N5.C2HF3O2/c20-13-2-1-3-14(21)12(13)8-15-28-16-17(25-9-26-18(16)29-15)27-11-6-4-10(5-7-11)19(22,23)24;3-2(4,5)1(6)7/h1-7,9H,8H2,(H2,25,26,27,28,29);(H,6,7). The maximum absolute atomic E-state index is 12.7. The lowest BCUT2D eigenvalue weighted by Crippen LogP contribution is -2.21. The summed E-state index contributed by atoms with van der Waals surface area (Å²) >= 11 is 12.4. The number of nitrogens with zero attached hydrogens (tertiary/aromatic N) is 3. The van der Waals surface area contributed by atoms with E-state index in [9.17, 15) is 26.3 Å². The predicted octanol–water partition coefficient (Wildman–Crippen LogP) is 6.65. The van der Waals surface area contributed by atoms with Crippen molar-refractivity contribution in [3.63, 3.8) is 0 Å². The van der Waals surface area contributed by atoms with Crippen LogP contribution in [0, 0.1) is 0 Å². The fraction of sp³-hybridized carbons (Fsp3) is 0.143. The second kappa shape index (κ2) is 10.6. The van der Waals surface area contributed by atoms with Gasteiger partial charge < -0.3 is 15.4 Å². The van der Waals surface area contributed by atoms with Crippen LogP contribution in [-0.2, 0) is 17.4 Å². The van der Waals surface area contributed by atoms with Gasteiger partial charge in [0.1, 0.15) is 12.2 Å². The molecule has 0 atom stereocenters. The molecular formula is C21H13Cl2F6N5O2. The van der Waals surface area contributed by atoms with E-state index in [1.165, 1.54) is 18.5 Å². The number of benzene rings is 2. The molecule has 0 unspecified atom stereocenters. The number of H-pyrrole nitrogens is 1. The Labute approximate surface area is 208 Å². The van der Waals surface area contributed by atoms with Gasteiger partial charge in [-0.25, -0.2) is 19.7 Å². The molecule has 190 valence electrons. The summed E-state index contributed by atoms with van der Waals surface area (Å²) in [6.07, 6.45) is -7.79. The highest BCUT2D eigenvalue weighted by Gasteiger charge is 2.38. The maximum Gasteiger partial charge on any atom is 0.490 e. The molecule has 0 aliphatic carbocycles. The molecule has 0 aliphatic rings. The number of aromatic nitrogens is 4. The predicted molar refractivity (Wildman–Crippen MR) is 119 cm³/mol. The van der Waals surface area contributed by atoms with Crippen molar-refractivity contribution in [2.24, 2.45) is 0 Å². The highest BCUT2D eigenvalue weighted by atomic mass is 35.5. The summed E-state index contributed by atoms with van der Waals surface area (Å²) in [5, 5.41) is 11.1. The Morgan fingerprint density at radius 3 is 2.08 bits per heavy atom. The van der Waals surface area contributed by atoms with Gasteiger partial charge in [0.25, 0.3) is 0 Å². The van der Waals surface area contributed by atoms with E-state index in [1.807, 2.05) is 0 Å². The summed E-state index contributed by atoms with van der Waals surface area (Å²) in [6.45, 7) is 0. The summed E-state index contributed by atoms with van der Waals surface area (Å²) in [5.41, 5.74) is 1.37. The molecule has 15 heteroatoms. The van der Waals surface area contributed by atoms with Crippen molar-refractivity contribution in [2.75, 3.05) is 5.32 Å². The summed E-state index contributed by atoms with van der Waals surface area (Å²) in [5.74, 6) is -1.82. The first-order valence-electron chi connectivity index (χ1n) is 9.62. The van der Waals surface area contributed by atoms with Crippen molar-refractivity contribution in [1.29, 1.82) is 0 Å². The van der Waals surface area contributed by atoms with Crippen molar-refractivity contribution in [3.05, 3.63) is 75.8 Å². The largest absolute Gasteiger partial charge is 0.490 e. The molecular weight excluding hydrogens is 539 g/mol. The van der Waals surface area contributed by atoms with Crippen LogP contribution in [0.5, 0.6) is 0 Å². The molecule has 0 saturated carbocycles. The zero-order valence-corrected chi connectivity index (χ0v) is 19.1. The maximum atomic E-state index is 12.7. The van der Waals surface area contributed by atoms with Crippen LogP contribution in [-0.4, -0.2) is 37.2 Å². The number of aliphatic carboxylic acids is 1. The number of alkyl halides is 6. The Morgan fingerprint density at radius 1 is 0.972 bits per heavy atom. The number of anilines is 2. The lowest BCUT2D eigenvalue weighted by molar-refractivity contribution is -0.192. The van der Waals surface area contributed by atoms with Crippen LogP contribution in [0.3, 0.4) is 0 Å². The van der Waals surface area contributed by atoms with E-state index in [0.717, 1.165) is 17.7 Å². The Kier molecular flexibility index (Phi) is 7.94. The third kappa shape index (κ3) is 6.76. The topological polar surface area (TPSA) is 104 Å². The average Bonchev–Trinajstić information content (AvgIpc) is 3.20. The van der Waals surface area contributed by atoms with Crippen LogP contribution in [0.2, 0.25) is 10.0 Å². The number of nitrogens with one attached hydrogen (secondary N) is 2. The number of imidazole rings is 1. The third-order valence-corrected chi connectivity index (χ3v) is 5.16. The minimum absolute atomic E-state index is 0.356. The average molecular weight is 552 g/mol. The number of fused-ring (bicyclic) bond motifs is 1. The summed E-state index contributed by atoms with van der Waals surface area (Å²) in [4.78, 5) is 24.8. The van der Waals surface area contributed by atoms with Gasteiger partial charge in [-0.15, -0.1) is 0 Å². The highest BCUT2D eigenvalue weighted by molar-refractivity contribution is 6.36. The van der Waals surface area contributed by atoms with Gasteiger partial charge in [0, 0.05) is 22.2 Å². The molecule has 3 N–H and O–H groups in total. The van der Waals surface area contributed by atoms with E-state index >= 15 is 0 Å². The highest BCUT2D eigenvalue weighted by Crippen LogP contribution is 2.31. The SMILES string of the molecule is FC(F)(F)c1ccc(Nc2ncnc3[nH]c(Cc4c(Cl)cccc4Cl)nc23)cc1.O=C(O)C(F)(F)F. The third-order valence-electron chi connectivity index (χ3n) is 4.46. The van der Waals surface area contributed by atoms with Crippen molar-refractivity contribution < 1.29 is 36.2 Å². The van der Waals surface area contributed by atoms with Crippen LogP contribution in [0.25, 0.3) is 11.2 Å². The van der Waals surface area contributed by atoms with E-state index in [-0.39, 0.29) is 0 Å². The van der Waals surface area contributed by atoms with Gasteiger partial charge in [-0.3, -0.25) is 0 Å². The Hall–Kier alpha value is -3.58.